The van der Waals surface area contributed by atoms with Crippen molar-refractivity contribution in [2.24, 2.45) is 5.41 Å². The Kier molecular flexibility index (Phi) is 4.16. The number of hydrogen-bond donors (Lipinski definition) is 0. The lowest BCUT2D eigenvalue weighted by Crippen LogP contribution is -2.50. The van der Waals surface area contributed by atoms with Gasteiger partial charge in [-0.25, -0.2) is 4.79 Å². The minimum Gasteiger partial charge on any atom is -0.457 e. The molecule has 0 bridgehead atoms. The van der Waals surface area contributed by atoms with E-state index in [0.717, 1.165) is 56.4 Å². The van der Waals surface area contributed by atoms with Gasteiger partial charge in [0.2, 0.25) is 5.91 Å². The van der Waals surface area contributed by atoms with Crippen molar-refractivity contribution < 1.29 is 14.3 Å². The van der Waals surface area contributed by atoms with Gasteiger partial charge >= 0.3 is 5.97 Å². The number of nitrogens with zero attached hydrogens (tertiary/aromatic N) is 2. The Balaban J connectivity index is 1.35. The minimum absolute atomic E-state index is 0.217. The fourth-order valence-corrected chi connectivity index (χ4v) is 5.26. The largest absolute Gasteiger partial charge is 0.457 e. The number of carbonyl (C=O) groups is 2. The fraction of sp³-hybridized carbons (Fsp3) is 0.478. The van der Waals surface area contributed by atoms with Gasteiger partial charge in [0.05, 0.1) is 5.56 Å². The Bertz CT molecular complexity index is 960. The van der Waals surface area contributed by atoms with Gasteiger partial charge < -0.3 is 9.64 Å². The molecule has 0 unspecified atom stereocenters. The normalized spacial score (nSPS) is 22.0. The van der Waals surface area contributed by atoms with Crippen LogP contribution in [-0.4, -0.2) is 48.4 Å². The summed E-state index contributed by atoms with van der Waals surface area (Å²) >= 11 is 0. The van der Waals surface area contributed by atoms with E-state index < -0.39 is 0 Å². The van der Waals surface area contributed by atoms with Crippen LogP contribution in [0, 0.1) is 5.41 Å². The Hall–Kier alpha value is -2.40. The number of likely N-dealkylation sites (tertiary alicyclic amines) is 2. The highest BCUT2D eigenvalue weighted by Crippen LogP contribution is 2.40. The van der Waals surface area contributed by atoms with Crippen LogP contribution in [0.3, 0.4) is 0 Å². The monoisotopic (exact) mass is 378 g/mol. The first-order valence-electron chi connectivity index (χ1n) is 10.2. The Labute approximate surface area is 165 Å². The van der Waals surface area contributed by atoms with E-state index >= 15 is 0 Å². The van der Waals surface area contributed by atoms with E-state index in [2.05, 4.69) is 23.1 Å². The van der Waals surface area contributed by atoms with Crippen molar-refractivity contribution in [2.75, 3.05) is 26.7 Å². The molecular formula is C23H26N2O3. The van der Waals surface area contributed by atoms with Gasteiger partial charge in [-0.3, -0.25) is 9.69 Å². The summed E-state index contributed by atoms with van der Waals surface area (Å²) in [5, 5.41) is 2.24. The number of amides is 1. The van der Waals surface area contributed by atoms with Crippen LogP contribution < -0.4 is 0 Å². The van der Waals surface area contributed by atoms with Gasteiger partial charge in [0, 0.05) is 31.9 Å². The summed E-state index contributed by atoms with van der Waals surface area (Å²) in [6, 6.07) is 10.3. The second-order valence-electron chi connectivity index (χ2n) is 8.71. The summed E-state index contributed by atoms with van der Waals surface area (Å²) in [4.78, 5) is 28.4. The number of ether oxygens (including phenoxy) is 1. The summed E-state index contributed by atoms with van der Waals surface area (Å²) in [5.41, 5.74) is 3.37. The summed E-state index contributed by atoms with van der Waals surface area (Å²) in [6.07, 6.45) is 4.03. The van der Waals surface area contributed by atoms with E-state index in [0.29, 0.717) is 24.0 Å². The fourth-order valence-electron chi connectivity index (χ4n) is 5.26. The van der Waals surface area contributed by atoms with Gasteiger partial charge in [-0.1, -0.05) is 24.3 Å². The zero-order valence-electron chi connectivity index (χ0n) is 16.4. The lowest BCUT2D eigenvalue weighted by molar-refractivity contribution is -0.137. The highest BCUT2D eigenvalue weighted by atomic mass is 16.5. The molecule has 0 atom stereocenters. The summed E-state index contributed by atoms with van der Waals surface area (Å²) in [7, 11) is 1.94. The van der Waals surface area contributed by atoms with Crippen molar-refractivity contribution in [1.29, 1.82) is 0 Å². The molecule has 0 saturated carbocycles. The Morgan fingerprint density at radius 2 is 1.89 bits per heavy atom. The lowest BCUT2D eigenvalue weighted by atomic mass is 9.72. The molecule has 0 aliphatic carbocycles. The topological polar surface area (TPSA) is 49.9 Å². The van der Waals surface area contributed by atoms with Crippen LogP contribution in [0.25, 0.3) is 10.8 Å². The van der Waals surface area contributed by atoms with E-state index in [1.807, 2.05) is 24.1 Å². The molecule has 5 rings (SSSR count). The zero-order valence-corrected chi connectivity index (χ0v) is 16.4. The molecule has 1 amide bonds. The van der Waals surface area contributed by atoms with Crippen LogP contribution in [0.15, 0.2) is 30.3 Å². The van der Waals surface area contributed by atoms with Gasteiger partial charge in [0.25, 0.3) is 0 Å². The smallest absolute Gasteiger partial charge is 0.339 e. The third-order valence-corrected chi connectivity index (χ3v) is 6.97. The highest BCUT2D eigenvalue weighted by Gasteiger charge is 2.39. The second-order valence-corrected chi connectivity index (χ2v) is 8.71. The molecule has 5 nitrogen and oxygen atoms in total. The summed E-state index contributed by atoms with van der Waals surface area (Å²) < 4.78 is 5.29. The van der Waals surface area contributed by atoms with Crippen molar-refractivity contribution in [3.05, 3.63) is 47.0 Å². The number of cyclic esters (lactones) is 1. The maximum atomic E-state index is 12.1. The third-order valence-electron chi connectivity index (χ3n) is 6.97. The number of carbonyl (C=O) groups excluding carboxylic acids is 2. The van der Waals surface area contributed by atoms with Gasteiger partial charge in [-0.2, -0.15) is 0 Å². The maximum Gasteiger partial charge on any atom is 0.339 e. The molecule has 2 aromatic rings. The first kappa shape index (κ1) is 17.7. The van der Waals surface area contributed by atoms with E-state index in [1.165, 1.54) is 10.9 Å². The van der Waals surface area contributed by atoms with Crippen molar-refractivity contribution >= 4 is 22.6 Å². The van der Waals surface area contributed by atoms with Crippen molar-refractivity contribution in [3.63, 3.8) is 0 Å². The van der Waals surface area contributed by atoms with E-state index in [1.54, 1.807) is 0 Å². The molecule has 1 spiro atoms. The number of rotatable bonds is 2. The maximum absolute atomic E-state index is 12.1. The molecule has 0 N–H and O–H groups in total. The second kappa shape index (κ2) is 6.59. The predicted molar refractivity (Wildman–Crippen MR) is 107 cm³/mol. The van der Waals surface area contributed by atoms with Gasteiger partial charge in [0.15, 0.2) is 0 Å². The van der Waals surface area contributed by atoms with Gasteiger partial charge in [0.1, 0.15) is 6.61 Å². The molecule has 3 heterocycles. The Morgan fingerprint density at radius 1 is 1.07 bits per heavy atom. The SMILES string of the molecule is CN1CC2(CCC1=O)CCN(Cc1ccc3c4c(cccc14)C(=O)OC3)CC2. The number of esters is 1. The quantitative estimate of drug-likeness (QED) is 0.752. The van der Waals surface area contributed by atoms with Crippen LogP contribution in [0.5, 0.6) is 0 Å². The van der Waals surface area contributed by atoms with Crippen LogP contribution in [0.4, 0.5) is 0 Å². The van der Waals surface area contributed by atoms with Crippen LogP contribution >= 0.6 is 0 Å². The molecular weight excluding hydrogens is 352 g/mol. The summed E-state index contributed by atoms with van der Waals surface area (Å²) in [5.74, 6) is 0.0708. The average molecular weight is 378 g/mol. The molecule has 0 radical (unpaired) electrons. The van der Waals surface area contributed by atoms with Crippen LogP contribution in [-0.2, 0) is 22.7 Å². The molecule has 5 heteroatoms. The molecule has 28 heavy (non-hydrogen) atoms. The number of piperidine rings is 2. The molecule has 2 aromatic carbocycles. The molecule has 2 saturated heterocycles. The highest BCUT2D eigenvalue weighted by molar-refractivity contribution is 6.08. The van der Waals surface area contributed by atoms with Crippen LogP contribution in [0.2, 0.25) is 0 Å². The standard InChI is InChI=1S/C23H26N2O3/c1-24-15-23(8-7-20(24)26)9-11-25(12-10-23)13-16-5-6-17-14-28-22(27)19-4-2-3-18(16)21(17)19/h2-6H,7-15H2,1H3. The average Bonchev–Trinajstić information content (AvgIpc) is 2.71. The first-order valence-corrected chi connectivity index (χ1v) is 10.2. The molecule has 146 valence electrons. The van der Waals surface area contributed by atoms with Gasteiger partial charge in [-0.15, -0.1) is 0 Å². The van der Waals surface area contributed by atoms with Crippen molar-refractivity contribution in [3.8, 4) is 0 Å². The first-order chi connectivity index (χ1) is 13.5. The third kappa shape index (κ3) is 2.89. The molecule has 2 fully saturated rings. The summed E-state index contributed by atoms with van der Waals surface area (Å²) in [6.45, 7) is 4.30. The van der Waals surface area contributed by atoms with Crippen molar-refractivity contribution in [1.82, 2.24) is 9.80 Å². The molecule has 3 aliphatic rings. The minimum atomic E-state index is -0.217. The lowest BCUT2D eigenvalue weighted by Gasteiger charge is -2.46. The predicted octanol–water partition coefficient (Wildman–Crippen LogP) is 3.34. The zero-order chi connectivity index (χ0) is 19.3. The van der Waals surface area contributed by atoms with E-state index in [-0.39, 0.29) is 11.9 Å². The van der Waals surface area contributed by atoms with E-state index in [9.17, 15) is 9.59 Å². The van der Waals surface area contributed by atoms with Crippen LogP contribution in [0.1, 0.15) is 47.2 Å². The van der Waals surface area contributed by atoms with Gasteiger partial charge in [-0.05, 0) is 60.3 Å². The molecule has 3 aliphatic heterocycles. The number of benzene rings is 2. The number of hydrogen-bond acceptors (Lipinski definition) is 4. The van der Waals surface area contributed by atoms with E-state index in [4.69, 9.17) is 4.74 Å². The molecule has 0 aromatic heterocycles. The Morgan fingerprint density at radius 3 is 2.68 bits per heavy atom. The van der Waals surface area contributed by atoms with Crippen molar-refractivity contribution in [2.45, 2.75) is 38.8 Å².